The van der Waals surface area contributed by atoms with Gasteiger partial charge in [-0.05, 0) is 13.8 Å². The molecule has 0 saturated carbocycles. The highest BCUT2D eigenvalue weighted by Gasteiger charge is 2.53. The molecule has 92 valence electrons. The van der Waals surface area contributed by atoms with Gasteiger partial charge in [-0.1, -0.05) is 0 Å². The number of carbonyl (C=O) groups is 1. The van der Waals surface area contributed by atoms with Gasteiger partial charge in [0.05, 0.1) is 19.1 Å². The highest BCUT2D eigenvalue weighted by Crippen LogP contribution is 2.36. The van der Waals surface area contributed by atoms with Crippen LogP contribution in [0.25, 0.3) is 0 Å². The summed E-state index contributed by atoms with van der Waals surface area (Å²) in [5.41, 5.74) is 0. The monoisotopic (exact) mass is 231 g/mol. The molecule has 6 nitrogen and oxygen atoms in total. The van der Waals surface area contributed by atoms with Gasteiger partial charge < -0.3 is 25.0 Å². The molecule has 2 aliphatic heterocycles. The van der Waals surface area contributed by atoms with E-state index in [1.54, 1.807) is 13.8 Å². The van der Waals surface area contributed by atoms with E-state index in [2.05, 4.69) is 5.32 Å². The Bertz CT molecular complexity index is 293. The minimum atomic E-state index is -0.886. The first-order valence-electron chi connectivity index (χ1n) is 5.37. The highest BCUT2D eigenvalue weighted by atomic mass is 16.8. The number of nitrogens with one attached hydrogen (secondary N) is 1. The minimum absolute atomic E-state index is 0.0306. The fourth-order valence-corrected chi connectivity index (χ4v) is 2.42. The lowest BCUT2D eigenvalue weighted by molar-refractivity contribution is -0.160. The molecule has 16 heavy (non-hydrogen) atoms. The normalized spacial score (nSPS) is 40.9. The topological polar surface area (TPSA) is 88.0 Å². The lowest BCUT2D eigenvalue weighted by Gasteiger charge is -2.23. The minimum Gasteiger partial charge on any atom is -0.481 e. The number of hydrogen-bond donors (Lipinski definition) is 3. The zero-order valence-electron chi connectivity index (χ0n) is 9.34. The number of fused-ring (bicyclic) bond motifs is 1. The number of aliphatic carboxylic acids is 1. The molecule has 2 aliphatic rings. The van der Waals surface area contributed by atoms with Crippen molar-refractivity contribution < 1.29 is 24.5 Å². The summed E-state index contributed by atoms with van der Waals surface area (Å²) in [6.45, 7) is 3.49. The van der Waals surface area contributed by atoms with Crippen molar-refractivity contribution in [2.45, 2.75) is 50.3 Å². The van der Waals surface area contributed by atoms with E-state index in [0.717, 1.165) is 0 Å². The number of ether oxygens (including phenoxy) is 2. The van der Waals surface area contributed by atoms with Crippen LogP contribution in [0.4, 0.5) is 0 Å². The van der Waals surface area contributed by atoms with Crippen LogP contribution in [-0.2, 0) is 14.3 Å². The van der Waals surface area contributed by atoms with E-state index in [1.165, 1.54) is 0 Å². The third kappa shape index (κ3) is 2.06. The van der Waals surface area contributed by atoms with Crippen molar-refractivity contribution in [1.82, 2.24) is 5.32 Å². The van der Waals surface area contributed by atoms with Gasteiger partial charge >= 0.3 is 5.97 Å². The summed E-state index contributed by atoms with van der Waals surface area (Å²) in [5, 5.41) is 21.0. The van der Waals surface area contributed by atoms with Gasteiger partial charge in [-0.3, -0.25) is 4.79 Å². The van der Waals surface area contributed by atoms with E-state index in [9.17, 15) is 9.90 Å². The summed E-state index contributed by atoms with van der Waals surface area (Å²) in [7, 11) is 0. The molecule has 0 radical (unpaired) electrons. The number of hydrogen-bond acceptors (Lipinski definition) is 5. The summed E-state index contributed by atoms with van der Waals surface area (Å²) in [5.74, 6) is -1.59. The van der Waals surface area contributed by atoms with Crippen LogP contribution in [0.15, 0.2) is 0 Å². The van der Waals surface area contributed by atoms with Gasteiger partial charge in [0, 0.05) is 6.04 Å². The molecular weight excluding hydrogens is 214 g/mol. The molecule has 2 heterocycles. The number of aliphatic hydroxyl groups excluding tert-OH is 1. The molecule has 0 unspecified atom stereocenters. The first-order valence-corrected chi connectivity index (χ1v) is 5.37. The Balaban J connectivity index is 2.11. The third-order valence-electron chi connectivity index (χ3n) is 2.98. The average Bonchev–Trinajstić information content (AvgIpc) is 2.60. The summed E-state index contributed by atoms with van der Waals surface area (Å²) in [6.07, 6.45) is -0.607. The summed E-state index contributed by atoms with van der Waals surface area (Å²) in [6, 6.07) is -0.558. The van der Waals surface area contributed by atoms with Crippen molar-refractivity contribution in [3.05, 3.63) is 0 Å². The lowest BCUT2D eigenvalue weighted by atomic mass is 10.1. The third-order valence-corrected chi connectivity index (χ3v) is 2.98. The van der Waals surface area contributed by atoms with Crippen LogP contribution in [0.5, 0.6) is 0 Å². The van der Waals surface area contributed by atoms with Crippen LogP contribution < -0.4 is 5.32 Å². The maximum Gasteiger partial charge on any atom is 0.305 e. The molecule has 3 N–H and O–H groups in total. The first kappa shape index (κ1) is 11.8. The van der Waals surface area contributed by atoms with E-state index in [1.807, 2.05) is 0 Å². The van der Waals surface area contributed by atoms with Crippen LogP contribution in [0.1, 0.15) is 20.3 Å². The zero-order valence-corrected chi connectivity index (χ0v) is 9.34. The molecule has 0 aromatic heterocycles. The molecule has 0 aliphatic carbocycles. The molecular formula is C10H17NO5. The van der Waals surface area contributed by atoms with Gasteiger partial charge in [0.1, 0.15) is 12.2 Å². The van der Waals surface area contributed by atoms with Crippen molar-refractivity contribution in [2.75, 3.05) is 6.61 Å². The quantitative estimate of drug-likeness (QED) is 0.596. The maximum absolute atomic E-state index is 10.7. The molecule has 0 bridgehead atoms. The van der Waals surface area contributed by atoms with Gasteiger partial charge in [-0.25, -0.2) is 0 Å². The molecule has 0 aromatic rings. The second-order valence-electron chi connectivity index (χ2n) is 4.72. The predicted molar refractivity (Wildman–Crippen MR) is 53.9 cm³/mol. The Kier molecular flexibility index (Phi) is 2.91. The Labute approximate surface area is 93.5 Å². The fourth-order valence-electron chi connectivity index (χ4n) is 2.42. The number of carboxylic acid groups (broad SMARTS) is 1. The second-order valence-corrected chi connectivity index (χ2v) is 4.72. The molecule has 4 atom stereocenters. The Morgan fingerprint density at radius 3 is 2.38 bits per heavy atom. The van der Waals surface area contributed by atoms with Gasteiger partial charge in [-0.2, -0.15) is 0 Å². The standard InChI is InChI=1S/C10H17NO5/c1-10(2)15-8-5(3-7(13)14)11-6(4-12)9(8)16-10/h5-6,8-9,11-12H,3-4H2,1-2H3,(H,13,14)/t5-,6+,8+,9-/m1/s1. The Morgan fingerprint density at radius 1 is 1.31 bits per heavy atom. The van der Waals surface area contributed by atoms with E-state index in [-0.39, 0.29) is 37.3 Å². The molecule has 0 spiro atoms. The average molecular weight is 231 g/mol. The van der Waals surface area contributed by atoms with Crippen LogP contribution in [-0.4, -0.2) is 52.9 Å². The van der Waals surface area contributed by atoms with Crippen LogP contribution in [0, 0.1) is 0 Å². The van der Waals surface area contributed by atoms with E-state index in [4.69, 9.17) is 14.6 Å². The van der Waals surface area contributed by atoms with E-state index in [0.29, 0.717) is 0 Å². The lowest BCUT2D eigenvalue weighted by Crippen LogP contribution is -2.41. The van der Waals surface area contributed by atoms with Gasteiger partial charge in [0.25, 0.3) is 0 Å². The first-order chi connectivity index (χ1) is 7.43. The molecule has 6 heteroatoms. The molecule has 2 saturated heterocycles. The Hall–Kier alpha value is -0.690. The predicted octanol–water partition coefficient (Wildman–Crippen LogP) is -0.686. The number of rotatable bonds is 3. The largest absolute Gasteiger partial charge is 0.481 e. The van der Waals surface area contributed by atoms with E-state index >= 15 is 0 Å². The summed E-state index contributed by atoms with van der Waals surface area (Å²) < 4.78 is 11.3. The summed E-state index contributed by atoms with van der Waals surface area (Å²) in [4.78, 5) is 10.7. The smallest absolute Gasteiger partial charge is 0.305 e. The van der Waals surface area contributed by atoms with Gasteiger partial charge in [-0.15, -0.1) is 0 Å². The van der Waals surface area contributed by atoms with Crippen LogP contribution in [0.2, 0.25) is 0 Å². The van der Waals surface area contributed by atoms with Crippen molar-refractivity contribution in [2.24, 2.45) is 0 Å². The number of carboxylic acids is 1. The zero-order chi connectivity index (χ0) is 11.9. The van der Waals surface area contributed by atoms with Crippen molar-refractivity contribution in [3.8, 4) is 0 Å². The molecule has 2 rings (SSSR count). The number of aliphatic hydroxyl groups is 1. The Morgan fingerprint density at radius 2 is 1.88 bits per heavy atom. The van der Waals surface area contributed by atoms with Crippen LogP contribution >= 0.6 is 0 Å². The van der Waals surface area contributed by atoms with Crippen molar-refractivity contribution in [3.63, 3.8) is 0 Å². The van der Waals surface area contributed by atoms with Crippen molar-refractivity contribution >= 4 is 5.97 Å². The molecule has 2 fully saturated rings. The van der Waals surface area contributed by atoms with Gasteiger partial charge in [0.15, 0.2) is 5.79 Å². The molecule has 0 aromatic carbocycles. The highest BCUT2D eigenvalue weighted by molar-refractivity contribution is 5.67. The maximum atomic E-state index is 10.7. The van der Waals surface area contributed by atoms with Gasteiger partial charge in [0.2, 0.25) is 0 Å². The van der Waals surface area contributed by atoms with Crippen molar-refractivity contribution in [1.29, 1.82) is 0 Å². The SMILES string of the molecule is CC1(C)O[C@@H]2[C@H](O1)[C@H](CO)N[C@@H]2CC(=O)O. The molecule has 0 amide bonds. The van der Waals surface area contributed by atoms with E-state index < -0.39 is 11.8 Å². The van der Waals surface area contributed by atoms with Crippen LogP contribution in [0.3, 0.4) is 0 Å². The second kappa shape index (κ2) is 3.96. The summed E-state index contributed by atoms with van der Waals surface area (Å²) >= 11 is 0. The fraction of sp³-hybridized carbons (Fsp3) is 0.900.